The predicted octanol–water partition coefficient (Wildman–Crippen LogP) is 3.11. The van der Waals surface area contributed by atoms with E-state index >= 15 is 0 Å². The van der Waals surface area contributed by atoms with E-state index in [1.54, 1.807) is 0 Å². The lowest BCUT2D eigenvalue weighted by Gasteiger charge is -2.38. The smallest absolute Gasteiger partial charge is 0.222 e. The molecule has 1 atom stereocenters. The number of nitrogens with zero attached hydrogens (tertiary/aromatic N) is 7. The number of hydrogen-bond donors (Lipinski definition) is 0. The van der Waals surface area contributed by atoms with Crippen molar-refractivity contribution in [1.82, 2.24) is 34.9 Å². The van der Waals surface area contributed by atoms with Crippen LogP contribution in [0.5, 0.6) is 0 Å². The summed E-state index contributed by atoms with van der Waals surface area (Å²) in [5, 5.41) is 12.9. The van der Waals surface area contributed by atoms with Crippen LogP contribution in [0, 0.1) is 0 Å². The van der Waals surface area contributed by atoms with Gasteiger partial charge < -0.3 is 4.90 Å². The van der Waals surface area contributed by atoms with Crippen LogP contribution >= 0.6 is 0 Å². The van der Waals surface area contributed by atoms with Gasteiger partial charge in [-0.1, -0.05) is 72.8 Å². The first kappa shape index (κ1) is 24.3. The second-order valence-electron chi connectivity index (χ2n) is 9.56. The number of aromatic nitrogens is 4. The molecule has 2 aliphatic heterocycles. The molecule has 0 N–H and O–H groups in total. The highest BCUT2D eigenvalue weighted by Gasteiger charge is 2.30. The van der Waals surface area contributed by atoms with Crippen LogP contribution in [0.25, 0.3) is 6.08 Å². The molecule has 0 bridgehead atoms. The maximum absolute atomic E-state index is 12.0. The predicted molar refractivity (Wildman–Crippen MR) is 140 cm³/mol. The highest BCUT2D eigenvalue weighted by molar-refractivity contribution is 5.77. The molecule has 188 valence electrons. The van der Waals surface area contributed by atoms with Crippen molar-refractivity contribution in [3.05, 3.63) is 83.7 Å². The summed E-state index contributed by atoms with van der Waals surface area (Å²) in [5.74, 6) is 1.15. The Morgan fingerprint density at radius 1 is 0.889 bits per heavy atom. The number of piperazine rings is 1. The first-order valence-electron chi connectivity index (χ1n) is 13.0. The zero-order valence-electron chi connectivity index (χ0n) is 20.8. The highest BCUT2D eigenvalue weighted by atomic mass is 16.2. The fourth-order valence-corrected chi connectivity index (χ4v) is 5.18. The molecular formula is C28H35N7O. The maximum Gasteiger partial charge on any atom is 0.222 e. The van der Waals surface area contributed by atoms with Gasteiger partial charge in [-0.05, 0) is 34.4 Å². The summed E-state index contributed by atoms with van der Waals surface area (Å²) in [6.45, 7) is 7.21. The molecule has 0 aliphatic carbocycles. The second kappa shape index (κ2) is 12.1. The fourth-order valence-electron chi connectivity index (χ4n) is 5.18. The molecular weight excluding hydrogens is 450 g/mol. The third kappa shape index (κ3) is 6.06. The van der Waals surface area contributed by atoms with Crippen molar-refractivity contribution >= 4 is 12.0 Å². The number of carbonyl (C=O) groups is 1. The summed E-state index contributed by atoms with van der Waals surface area (Å²) in [5.41, 5.74) is 2.45. The van der Waals surface area contributed by atoms with Crippen LogP contribution in [-0.4, -0.2) is 86.6 Å². The minimum absolute atomic E-state index is 0.0108. The van der Waals surface area contributed by atoms with Crippen LogP contribution in [0.3, 0.4) is 0 Å². The van der Waals surface area contributed by atoms with Crippen molar-refractivity contribution in [2.75, 3.05) is 45.8 Å². The third-order valence-electron chi connectivity index (χ3n) is 7.13. The summed E-state index contributed by atoms with van der Waals surface area (Å²) in [4.78, 5) is 18.9. The van der Waals surface area contributed by atoms with Gasteiger partial charge in [0.05, 0.1) is 6.04 Å². The topological polar surface area (TPSA) is 70.4 Å². The molecule has 1 amide bonds. The van der Waals surface area contributed by atoms with Crippen molar-refractivity contribution in [3.63, 3.8) is 0 Å². The zero-order valence-corrected chi connectivity index (χ0v) is 20.8. The molecule has 36 heavy (non-hydrogen) atoms. The van der Waals surface area contributed by atoms with Crippen molar-refractivity contribution in [1.29, 1.82) is 0 Å². The van der Waals surface area contributed by atoms with E-state index < -0.39 is 0 Å². The average molecular weight is 486 g/mol. The number of rotatable bonds is 10. The molecule has 0 spiro atoms. The molecule has 3 heterocycles. The number of carbonyl (C=O) groups excluding carboxylic acids is 1. The zero-order chi connectivity index (χ0) is 24.6. The van der Waals surface area contributed by atoms with Crippen molar-refractivity contribution in [2.45, 2.75) is 31.8 Å². The lowest BCUT2D eigenvalue weighted by atomic mass is 10.0. The van der Waals surface area contributed by atoms with Gasteiger partial charge in [-0.2, -0.15) is 0 Å². The highest BCUT2D eigenvalue weighted by Crippen LogP contribution is 2.28. The van der Waals surface area contributed by atoms with E-state index in [4.69, 9.17) is 0 Å². The fraction of sp³-hybridized carbons (Fsp3) is 0.429. The summed E-state index contributed by atoms with van der Waals surface area (Å²) in [7, 11) is 0. The Bertz CT molecular complexity index is 1120. The molecule has 2 saturated heterocycles. The minimum Gasteiger partial charge on any atom is -0.343 e. The van der Waals surface area contributed by atoms with Crippen LogP contribution in [-0.2, 0) is 11.3 Å². The van der Waals surface area contributed by atoms with Crippen molar-refractivity contribution in [3.8, 4) is 0 Å². The Morgan fingerprint density at radius 2 is 1.64 bits per heavy atom. The molecule has 0 radical (unpaired) electrons. The standard InChI is InChI=1S/C28H35N7O/c36-26-15-8-17-33(26)18-9-19-35-28(29-30-31-35)27(25-13-5-2-6-14-25)34-22-20-32(21-23-34)16-7-12-24-10-3-1-4-11-24/h1-7,10-14,27H,8-9,15-23H2/b12-7+/t27-/m1/s1. The largest absolute Gasteiger partial charge is 0.343 e. The lowest BCUT2D eigenvalue weighted by Crippen LogP contribution is -2.48. The van der Waals surface area contributed by atoms with E-state index in [0.29, 0.717) is 13.0 Å². The van der Waals surface area contributed by atoms with Gasteiger partial charge in [0.25, 0.3) is 0 Å². The van der Waals surface area contributed by atoms with E-state index in [2.05, 4.69) is 86.0 Å². The normalized spacial score (nSPS) is 18.3. The lowest BCUT2D eigenvalue weighted by molar-refractivity contribution is -0.127. The number of amides is 1. The third-order valence-corrected chi connectivity index (χ3v) is 7.13. The first-order valence-corrected chi connectivity index (χ1v) is 13.0. The van der Waals surface area contributed by atoms with Gasteiger partial charge in [-0.25, -0.2) is 4.68 Å². The SMILES string of the molecule is O=C1CCCN1CCCn1nnnc1[C@@H](c1ccccc1)N1CCN(C/C=C/c2ccccc2)CC1. The monoisotopic (exact) mass is 485 g/mol. The summed E-state index contributed by atoms with van der Waals surface area (Å²) in [6, 6.07) is 21.0. The molecule has 0 unspecified atom stereocenters. The quantitative estimate of drug-likeness (QED) is 0.440. The van der Waals surface area contributed by atoms with E-state index in [-0.39, 0.29) is 11.9 Å². The van der Waals surface area contributed by atoms with E-state index in [1.165, 1.54) is 11.1 Å². The molecule has 8 nitrogen and oxygen atoms in total. The van der Waals surface area contributed by atoms with Gasteiger partial charge in [-0.3, -0.25) is 14.6 Å². The number of aryl methyl sites for hydroxylation is 1. The summed E-state index contributed by atoms with van der Waals surface area (Å²) in [6.07, 6.45) is 6.96. The molecule has 2 fully saturated rings. The Hall–Kier alpha value is -3.36. The molecule has 2 aliphatic rings. The van der Waals surface area contributed by atoms with E-state index in [0.717, 1.165) is 64.5 Å². The molecule has 5 rings (SSSR count). The van der Waals surface area contributed by atoms with Gasteiger partial charge in [0, 0.05) is 58.8 Å². The Kier molecular flexibility index (Phi) is 8.15. The van der Waals surface area contributed by atoms with Crippen LogP contribution < -0.4 is 0 Å². The van der Waals surface area contributed by atoms with E-state index in [9.17, 15) is 4.79 Å². The molecule has 2 aromatic carbocycles. The number of hydrogen-bond acceptors (Lipinski definition) is 6. The second-order valence-corrected chi connectivity index (χ2v) is 9.56. The van der Waals surface area contributed by atoms with Gasteiger partial charge in [0.2, 0.25) is 5.91 Å². The van der Waals surface area contributed by atoms with Gasteiger partial charge in [0.1, 0.15) is 0 Å². The minimum atomic E-state index is 0.0108. The molecule has 0 saturated carbocycles. The molecule has 3 aromatic rings. The molecule has 8 heteroatoms. The summed E-state index contributed by atoms with van der Waals surface area (Å²) >= 11 is 0. The number of tetrazole rings is 1. The van der Waals surface area contributed by atoms with Crippen LogP contribution in [0.15, 0.2) is 66.7 Å². The van der Waals surface area contributed by atoms with Crippen LogP contribution in [0.1, 0.15) is 42.3 Å². The van der Waals surface area contributed by atoms with Crippen molar-refractivity contribution < 1.29 is 4.79 Å². The Morgan fingerprint density at radius 3 is 2.36 bits per heavy atom. The Balaban J connectivity index is 1.23. The van der Waals surface area contributed by atoms with Gasteiger partial charge in [0.15, 0.2) is 5.82 Å². The van der Waals surface area contributed by atoms with Crippen LogP contribution in [0.2, 0.25) is 0 Å². The van der Waals surface area contributed by atoms with Gasteiger partial charge >= 0.3 is 0 Å². The average Bonchev–Trinajstić information content (AvgIpc) is 3.55. The Labute approximate surface area is 213 Å². The molecule has 1 aromatic heterocycles. The number of benzene rings is 2. The maximum atomic E-state index is 12.0. The van der Waals surface area contributed by atoms with Crippen LogP contribution in [0.4, 0.5) is 0 Å². The summed E-state index contributed by atoms with van der Waals surface area (Å²) < 4.78 is 1.94. The van der Waals surface area contributed by atoms with Crippen molar-refractivity contribution in [2.24, 2.45) is 0 Å². The van der Waals surface area contributed by atoms with Gasteiger partial charge in [-0.15, -0.1) is 5.10 Å². The number of likely N-dealkylation sites (tertiary alicyclic amines) is 1. The van der Waals surface area contributed by atoms with E-state index in [1.807, 2.05) is 21.7 Å². The first-order chi connectivity index (χ1) is 17.8.